The molecule has 2 N–H and O–H groups in total. The fraction of sp³-hybridized carbons (Fsp3) is 0.231. The number of benzene rings is 1. The number of thiophene rings is 1. The Balaban J connectivity index is 2.18. The Morgan fingerprint density at radius 3 is 2.61 bits per heavy atom. The van der Waals surface area contributed by atoms with Gasteiger partial charge < -0.3 is 5.73 Å². The van der Waals surface area contributed by atoms with Gasteiger partial charge in [-0.05, 0) is 74.5 Å². The molecule has 0 aliphatic rings. The van der Waals surface area contributed by atoms with E-state index in [4.69, 9.17) is 5.73 Å². The quantitative estimate of drug-likeness (QED) is 0.784. The van der Waals surface area contributed by atoms with Gasteiger partial charge in [-0.15, -0.1) is 11.3 Å². The molecule has 0 bridgehead atoms. The van der Waals surface area contributed by atoms with Crippen molar-refractivity contribution in [2.24, 2.45) is 5.73 Å². The van der Waals surface area contributed by atoms with Crippen LogP contribution in [-0.4, -0.2) is 0 Å². The molecule has 0 radical (unpaired) electrons. The molecule has 18 heavy (non-hydrogen) atoms. The Morgan fingerprint density at radius 2 is 2.06 bits per heavy atom. The van der Waals surface area contributed by atoms with Crippen LogP contribution < -0.4 is 5.73 Å². The molecule has 0 amide bonds. The molecule has 1 unspecified atom stereocenters. The molecule has 2 rings (SSSR count). The molecule has 1 heterocycles. The molecule has 5 heteroatoms. The molecule has 2 aromatic rings. The second-order valence-electron chi connectivity index (χ2n) is 4.15. The number of halogens is 3. The van der Waals surface area contributed by atoms with Crippen LogP contribution in [0.15, 0.2) is 32.5 Å². The maximum atomic E-state index is 13.0. The normalized spacial score (nSPS) is 12.7. The SMILES string of the molecule is Cc1cc(F)ccc1CC(N)c1cc(Br)c(Br)s1. The highest BCUT2D eigenvalue weighted by Crippen LogP contribution is 2.35. The van der Waals surface area contributed by atoms with Gasteiger partial charge in [0.05, 0.1) is 3.79 Å². The van der Waals surface area contributed by atoms with Crippen molar-refractivity contribution >= 4 is 43.2 Å². The van der Waals surface area contributed by atoms with Gasteiger partial charge in [-0.25, -0.2) is 4.39 Å². The zero-order valence-corrected chi connectivity index (χ0v) is 13.7. The number of aryl methyl sites for hydroxylation is 1. The predicted octanol–water partition coefficient (Wildman–Crippen LogP) is 4.96. The second kappa shape index (κ2) is 5.82. The van der Waals surface area contributed by atoms with Gasteiger partial charge in [0, 0.05) is 15.4 Å². The van der Waals surface area contributed by atoms with Crippen molar-refractivity contribution in [2.75, 3.05) is 0 Å². The van der Waals surface area contributed by atoms with Crippen LogP contribution in [0.4, 0.5) is 4.39 Å². The zero-order valence-electron chi connectivity index (χ0n) is 9.71. The van der Waals surface area contributed by atoms with E-state index in [1.165, 1.54) is 6.07 Å². The summed E-state index contributed by atoms with van der Waals surface area (Å²) in [6.45, 7) is 1.91. The zero-order chi connectivity index (χ0) is 13.3. The van der Waals surface area contributed by atoms with Crippen LogP contribution >= 0.6 is 43.2 Å². The Morgan fingerprint density at radius 1 is 1.33 bits per heavy atom. The summed E-state index contributed by atoms with van der Waals surface area (Å²) in [5.74, 6) is -0.202. The van der Waals surface area contributed by atoms with Crippen molar-refractivity contribution < 1.29 is 4.39 Å². The van der Waals surface area contributed by atoms with Crippen molar-refractivity contribution in [2.45, 2.75) is 19.4 Å². The lowest BCUT2D eigenvalue weighted by molar-refractivity contribution is 0.624. The standard InChI is InChI=1S/C13H12Br2FNS/c1-7-4-9(16)3-2-8(7)5-11(17)12-6-10(14)13(15)18-12/h2-4,6,11H,5,17H2,1H3. The van der Waals surface area contributed by atoms with Crippen molar-refractivity contribution in [3.8, 4) is 0 Å². The van der Waals surface area contributed by atoms with E-state index >= 15 is 0 Å². The van der Waals surface area contributed by atoms with Crippen LogP contribution in [0.5, 0.6) is 0 Å². The molecule has 1 aromatic carbocycles. The first-order valence-corrected chi connectivity index (χ1v) is 7.83. The summed E-state index contributed by atoms with van der Waals surface area (Å²) in [7, 11) is 0. The summed E-state index contributed by atoms with van der Waals surface area (Å²) in [5.41, 5.74) is 8.22. The molecular formula is C13H12Br2FNS. The van der Waals surface area contributed by atoms with Gasteiger partial charge in [0.25, 0.3) is 0 Å². The van der Waals surface area contributed by atoms with Gasteiger partial charge in [0.1, 0.15) is 5.82 Å². The van der Waals surface area contributed by atoms with E-state index < -0.39 is 0 Å². The van der Waals surface area contributed by atoms with Crippen LogP contribution in [0.1, 0.15) is 22.0 Å². The second-order valence-corrected chi connectivity index (χ2v) is 7.41. The Kier molecular flexibility index (Phi) is 4.59. The van der Waals surface area contributed by atoms with Gasteiger partial charge >= 0.3 is 0 Å². The topological polar surface area (TPSA) is 26.0 Å². The summed E-state index contributed by atoms with van der Waals surface area (Å²) in [4.78, 5) is 1.11. The van der Waals surface area contributed by atoms with Crippen molar-refractivity contribution in [1.82, 2.24) is 0 Å². The van der Waals surface area contributed by atoms with Crippen LogP contribution in [0.3, 0.4) is 0 Å². The molecule has 0 saturated heterocycles. The third kappa shape index (κ3) is 3.20. The van der Waals surface area contributed by atoms with Crippen molar-refractivity contribution in [1.29, 1.82) is 0 Å². The highest BCUT2D eigenvalue weighted by Gasteiger charge is 2.13. The number of nitrogens with two attached hydrogens (primary N) is 1. The molecule has 1 atom stereocenters. The minimum absolute atomic E-state index is 0.0678. The molecule has 96 valence electrons. The van der Waals surface area contributed by atoms with Crippen LogP contribution in [0.25, 0.3) is 0 Å². The van der Waals surface area contributed by atoms with E-state index in [0.717, 1.165) is 24.3 Å². The Labute approximate surface area is 126 Å². The van der Waals surface area contributed by atoms with E-state index in [1.807, 2.05) is 19.1 Å². The molecule has 0 fully saturated rings. The summed E-state index contributed by atoms with van der Waals surface area (Å²) in [6, 6.07) is 6.79. The van der Waals surface area contributed by atoms with Gasteiger partial charge in [0.15, 0.2) is 0 Å². The first-order chi connectivity index (χ1) is 8.47. The average molecular weight is 393 g/mol. The minimum Gasteiger partial charge on any atom is -0.323 e. The summed E-state index contributed by atoms with van der Waals surface area (Å²) in [6.07, 6.45) is 0.714. The maximum absolute atomic E-state index is 13.0. The number of hydrogen-bond acceptors (Lipinski definition) is 2. The lowest BCUT2D eigenvalue weighted by atomic mass is 10.0. The fourth-order valence-corrected chi connectivity index (χ4v) is 3.86. The van der Waals surface area contributed by atoms with Crippen LogP contribution in [0.2, 0.25) is 0 Å². The van der Waals surface area contributed by atoms with Crippen molar-refractivity contribution in [3.05, 3.63) is 54.3 Å². The number of rotatable bonds is 3. The minimum atomic E-state index is -0.202. The fourth-order valence-electron chi connectivity index (χ4n) is 1.77. The predicted molar refractivity (Wildman–Crippen MR) is 81.5 cm³/mol. The summed E-state index contributed by atoms with van der Waals surface area (Å²) in [5, 5.41) is 0. The van der Waals surface area contributed by atoms with E-state index in [2.05, 4.69) is 31.9 Å². The van der Waals surface area contributed by atoms with Gasteiger partial charge in [-0.1, -0.05) is 6.07 Å². The lowest BCUT2D eigenvalue weighted by Crippen LogP contribution is -2.12. The molecule has 1 nitrogen and oxygen atoms in total. The first-order valence-electron chi connectivity index (χ1n) is 5.42. The van der Waals surface area contributed by atoms with E-state index in [0.29, 0.717) is 6.42 Å². The van der Waals surface area contributed by atoms with E-state index in [1.54, 1.807) is 17.4 Å². The van der Waals surface area contributed by atoms with Crippen LogP contribution in [0, 0.1) is 12.7 Å². The summed E-state index contributed by atoms with van der Waals surface area (Å²) < 4.78 is 15.1. The van der Waals surface area contributed by atoms with E-state index in [-0.39, 0.29) is 11.9 Å². The molecular weight excluding hydrogens is 381 g/mol. The molecule has 1 aromatic heterocycles. The van der Waals surface area contributed by atoms with Crippen molar-refractivity contribution in [3.63, 3.8) is 0 Å². The first kappa shape index (κ1) is 14.2. The third-order valence-corrected chi connectivity index (χ3v) is 6.16. The largest absolute Gasteiger partial charge is 0.323 e. The Hall–Kier alpha value is -0.230. The molecule has 0 saturated carbocycles. The lowest BCUT2D eigenvalue weighted by Gasteiger charge is -2.11. The maximum Gasteiger partial charge on any atom is 0.123 e. The number of hydrogen-bond donors (Lipinski definition) is 1. The van der Waals surface area contributed by atoms with Gasteiger partial charge in [0.2, 0.25) is 0 Å². The molecule has 0 spiro atoms. The Bertz CT molecular complexity index is 549. The van der Waals surface area contributed by atoms with E-state index in [9.17, 15) is 4.39 Å². The molecule has 0 aliphatic heterocycles. The third-order valence-electron chi connectivity index (χ3n) is 2.77. The highest BCUT2D eigenvalue weighted by atomic mass is 79.9. The van der Waals surface area contributed by atoms with Gasteiger partial charge in [-0.3, -0.25) is 0 Å². The molecule has 0 aliphatic carbocycles. The smallest absolute Gasteiger partial charge is 0.123 e. The monoisotopic (exact) mass is 391 g/mol. The highest BCUT2D eigenvalue weighted by molar-refractivity contribution is 9.13. The summed E-state index contributed by atoms with van der Waals surface area (Å²) >= 11 is 8.53. The average Bonchev–Trinajstić information content (AvgIpc) is 2.63. The van der Waals surface area contributed by atoms with Crippen LogP contribution in [-0.2, 0) is 6.42 Å². The van der Waals surface area contributed by atoms with Gasteiger partial charge in [-0.2, -0.15) is 0 Å².